The van der Waals surface area contributed by atoms with E-state index < -0.39 is 0 Å². The summed E-state index contributed by atoms with van der Waals surface area (Å²) in [5, 5.41) is 14.6. The molecular formula is C21H22N6O2. The highest BCUT2D eigenvalue weighted by molar-refractivity contribution is 5.63. The maximum atomic E-state index is 5.62. The van der Waals surface area contributed by atoms with Crippen LogP contribution in [0.2, 0.25) is 0 Å². The van der Waals surface area contributed by atoms with Crippen LogP contribution in [0, 0.1) is 0 Å². The fourth-order valence-corrected chi connectivity index (χ4v) is 3.55. The van der Waals surface area contributed by atoms with Gasteiger partial charge in [-0.2, -0.15) is 10.1 Å². The molecule has 8 nitrogen and oxygen atoms in total. The molecule has 2 aliphatic heterocycles. The van der Waals surface area contributed by atoms with E-state index in [0.29, 0.717) is 25.0 Å². The molecule has 0 unspecified atom stereocenters. The SMILES string of the molecule is c1cc2c(cc1Nc1cnnc(Nc3ccc(N4CCCC4)cc3)n1)OCCO2. The molecule has 2 aliphatic rings. The van der Waals surface area contributed by atoms with Crippen LogP contribution in [0.25, 0.3) is 0 Å². The summed E-state index contributed by atoms with van der Waals surface area (Å²) in [6.07, 6.45) is 4.11. The van der Waals surface area contributed by atoms with E-state index in [0.717, 1.165) is 36.0 Å². The van der Waals surface area contributed by atoms with E-state index in [4.69, 9.17) is 9.47 Å². The van der Waals surface area contributed by atoms with Crippen LogP contribution < -0.4 is 25.0 Å². The van der Waals surface area contributed by atoms with Gasteiger partial charge in [-0.1, -0.05) is 0 Å². The third kappa shape index (κ3) is 4.01. The number of rotatable bonds is 5. The lowest BCUT2D eigenvalue weighted by molar-refractivity contribution is 0.171. The maximum absolute atomic E-state index is 5.62. The van der Waals surface area contributed by atoms with E-state index in [1.54, 1.807) is 6.20 Å². The molecule has 1 aromatic heterocycles. The Bertz CT molecular complexity index is 989. The Balaban J connectivity index is 1.27. The Hall–Kier alpha value is -3.55. The number of nitrogens with one attached hydrogen (secondary N) is 2. The van der Waals surface area contributed by atoms with Gasteiger partial charge in [-0.3, -0.25) is 0 Å². The first-order valence-corrected chi connectivity index (χ1v) is 9.82. The Morgan fingerprint density at radius 3 is 2.41 bits per heavy atom. The number of anilines is 5. The fraction of sp³-hybridized carbons (Fsp3) is 0.286. The summed E-state index contributed by atoms with van der Waals surface area (Å²) in [7, 11) is 0. The number of benzene rings is 2. The summed E-state index contributed by atoms with van der Waals surface area (Å²) in [6, 6.07) is 14.0. The third-order valence-corrected chi connectivity index (χ3v) is 4.97. The van der Waals surface area contributed by atoms with Crippen molar-refractivity contribution in [3.05, 3.63) is 48.7 Å². The molecule has 3 aromatic rings. The number of nitrogens with zero attached hydrogens (tertiary/aromatic N) is 4. The normalized spacial score (nSPS) is 15.2. The third-order valence-electron chi connectivity index (χ3n) is 4.97. The summed E-state index contributed by atoms with van der Waals surface area (Å²) in [6.45, 7) is 3.39. The van der Waals surface area contributed by atoms with Gasteiger partial charge in [-0.25, -0.2) is 0 Å². The van der Waals surface area contributed by atoms with Crippen molar-refractivity contribution in [2.24, 2.45) is 0 Å². The summed E-state index contributed by atoms with van der Waals surface area (Å²) >= 11 is 0. The van der Waals surface area contributed by atoms with Crippen molar-refractivity contribution in [3.8, 4) is 11.5 Å². The second kappa shape index (κ2) is 7.83. The Kier molecular flexibility index (Phi) is 4.73. The number of fused-ring (bicyclic) bond motifs is 1. The molecule has 0 saturated carbocycles. The predicted octanol–water partition coefficient (Wildman–Crippen LogP) is 3.73. The first-order valence-electron chi connectivity index (χ1n) is 9.82. The van der Waals surface area contributed by atoms with Gasteiger partial charge < -0.3 is 25.0 Å². The highest BCUT2D eigenvalue weighted by Crippen LogP contribution is 2.33. The average Bonchev–Trinajstić information content (AvgIpc) is 3.29. The van der Waals surface area contributed by atoms with Gasteiger partial charge in [0.25, 0.3) is 0 Å². The first-order chi connectivity index (χ1) is 14.3. The number of ether oxygens (including phenoxy) is 2. The summed E-state index contributed by atoms with van der Waals surface area (Å²) in [5.41, 5.74) is 3.02. The Morgan fingerprint density at radius 2 is 1.59 bits per heavy atom. The van der Waals surface area contributed by atoms with Gasteiger partial charge in [0.1, 0.15) is 13.2 Å². The zero-order chi connectivity index (χ0) is 19.5. The minimum absolute atomic E-state index is 0.432. The van der Waals surface area contributed by atoms with Crippen LogP contribution in [0.15, 0.2) is 48.7 Å². The monoisotopic (exact) mass is 390 g/mol. The lowest BCUT2D eigenvalue weighted by Gasteiger charge is -2.19. The quantitative estimate of drug-likeness (QED) is 0.682. The number of hydrogen-bond donors (Lipinski definition) is 2. The Labute approximate surface area is 168 Å². The molecule has 2 aromatic carbocycles. The second-order valence-corrected chi connectivity index (χ2v) is 7.01. The molecule has 1 fully saturated rings. The summed E-state index contributed by atoms with van der Waals surface area (Å²) in [5.74, 6) is 2.50. The highest BCUT2D eigenvalue weighted by Gasteiger charge is 2.13. The topological polar surface area (TPSA) is 84.4 Å². The van der Waals surface area contributed by atoms with Crippen molar-refractivity contribution >= 4 is 28.8 Å². The molecule has 1 saturated heterocycles. The molecule has 2 N–H and O–H groups in total. The summed E-state index contributed by atoms with van der Waals surface area (Å²) < 4.78 is 11.2. The van der Waals surface area contributed by atoms with Gasteiger partial charge in [0.15, 0.2) is 17.3 Å². The van der Waals surface area contributed by atoms with Crippen molar-refractivity contribution in [1.82, 2.24) is 15.2 Å². The van der Waals surface area contributed by atoms with E-state index in [1.807, 2.05) is 30.3 Å². The number of hydrogen-bond acceptors (Lipinski definition) is 8. The Morgan fingerprint density at radius 1 is 0.828 bits per heavy atom. The first kappa shape index (κ1) is 17.5. The highest BCUT2D eigenvalue weighted by atomic mass is 16.6. The molecule has 0 atom stereocenters. The zero-order valence-electron chi connectivity index (χ0n) is 16.0. The van der Waals surface area contributed by atoms with E-state index in [9.17, 15) is 0 Å². The molecule has 5 rings (SSSR count). The zero-order valence-corrected chi connectivity index (χ0v) is 16.0. The van der Waals surface area contributed by atoms with Crippen molar-refractivity contribution in [1.29, 1.82) is 0 Å². The largest absolute Gasteiger partial charge is 0.486 e. The molecule has 29 heavy (non-hydrogen) atoms. The number of aromatic nitrogens is 3. The smallest absolute Gasteiger partial charge is 0.249 e. The maximum Gasteiger partial charge on any atom is 0.249 e. The van der Waals surface area contributed by atoms with Crippen LogP contribution >= 0.6 is 0 Å². The molecule has 8 heteroatoms. The lowest BCUT2D eigenvalue weighted by Crippen LogP contribution is -2.17. The van der Waals surface area contributed by atoms with Crippen molar-refractivity contribution in [2.45, 2.75) is 12.8 Å². The van der Waals surface area contributed by atoms with Gasteiger partial charge >= 0.3 is 0 Å². The van der Waals surface area contributed by atoms with Crippen LogP contribution in [0.4, 0.5) is 28.8 Å². The molecule has 0 spiro atoms. The van der Waals surface area contributed by atoms with E-state index in [-0.39, 0.29) is 0 Å². The van der Waals surface area contributed by atoms with Gasteiger partial charge in [-0.05, 0) is 49.2 Å². The molecule has 0 amide bonds. The second-order valence-electron chi connectivity index (χ2n) is 7.01. The van der Waals surface area contributed by atoms with Gasteiger partial charge in [0.2, 0.25) is 5.95 Å². The molecule has 148 valence electrons. The van der Waals surface area contributed by atoms with E-state index >= 15 is 0 Å². The molecule has 3 heterocycles. The minimum Gasteiger partial charge on any atom is -0.486 e. The van der Waals surface area contributed by atoms with Crippen LogP contribution in [0.5, 0.6) is 11.5 Å². The molecule has 0 bridgehead atoms. The lowest BCUT2D eigenvalue weighted by atomic mass is 10.2. The molecule has 0 radical (unpaired) electrons. The summed E-state index contributed by atoms with van der Waals surface area (Å²) in [4.78, 5) is 6.90. The van der Waals surface area contributed by atoms with Crippen molar-refractivity contribution < 1.29 is 9.47 Å². The van der Waals surface area contributed by atoms with E-state index in [2.05, 4.69) is 42.8 Å². The van der Waals surface area contributed by atoms with Crippen molar-refractivity contribution in [2.75, 3.05) is 41.8 Å². The van der Waals surface area contributed by atoms with E-state index in [1.165, 1.54) is 18.5 Å². The van der Waals surface area contributed by atoms with Crippen LogP contribution in [-0.2, 0) is 0 Å². The predicted molar refractivity (Wildman–Crippen MR) is 112 cm³/mol. The van der Waals surface area contributed by atoms with Crippen LogP contribution in [0.1, 0.15) is 12.8 Å². The fourth-order valence-electron chi connectivity index (χ4n) is 3.55. The van der Waals surface area contributed by atoms with Gasteiger partial charge in [0.05, 0.1) is 6.20 Å². The average molecular weight is 390 g/mol. The minimum atomic E-state index is 0.432. The van der Waals surface area contributed by atoms with Crippen LogP contribution in [-0.4, -0.2) is 41.5 Å². The standard InChI is InChI=1S/C21H22N6O2/c1-2-10-27(9-1)17-6-3-15(4-7-17)24-21-25-20(14-22-26-21)23-16-5-8-18-19(13-16)29-12-11-28-18/h3-8,13-14H,1-2,9-12H2,(H2,23,24,25,26). The van der Waals surface area contributed by atoms with Crippen LogP contribution in [0.3, 0.4) is 0 Å². The van der Waals surface area contributed by atoms with Gasteiger partial charge in [-0.15, -0.1) is 5.10 Å². The molecular weight excluding hydrogens is 368 g/mol. The molecule has 0 aliphatic carbocycles. The van der Waals surface area contributed by atoms with Gasteiger partial charge in [0, 0.05) is 36.2 Å². The van der Waals surface area contributed by atoms with Crippen molar-refractivity contribution in [3.63, 3.8) is 0 Å².